The Morgan fingerprint density at radius 1 is 1.58 bits per heavy atom. The monoisotopic (exact) mass is 284 g/mol. The highest BCUT2D eigenvalue weighted by Crippen LogP contribution is 2.50. The van der Waals surface area contributed by atoms with E-state index in [1.165, 1.54) is 0 Å². The molecule has 1 saturated heterocycles. The fraction of sp³-hybridized carbons (Fsp3) is 0.857. The lowest BCUT2D eigenvalue weighted by atomic mass is 9.94. The Morgan fingerprint density at radius 3 is 2.83 bits per heavy atom. The summed E-state index contributed by atoms with van der Waals surface area (Å²) in [6.07, 6.45) is -0.0676. The molecule has 0 spiro atoms. The zero-order chi connectivity index (χ0) is 8.98. The molecule has 0 radical (unpaired) electrons. The summed E-state index contributed by atoms with van der Waals surface area (Å²) in [6.45, 7) is 0. The second-order valence-corrected chi connectivity index (χ2v) is 5.27. The van der Waals surface area contributed by atoms with Gasteiger partial charge in [-0.1, -0.05) is 0 Å². The molecule has 5 heteroatoms. The summed E-state index contributed by atoms with van der Waals surface area (Å²) >= 11 is 1.89. The molecular formula is C7H9IO4. The molecule has 2 N–H and O–H groups in total. The van der Waals surface area contributed by atoms with E-state index in [4.69, 9.17) is 4.74 Å². The van der Waals surface area contributed by atoms with Gasteiger partial charge in [0.15, 0.2) is 3.61 Å². The number of ether oxygens (including phenoxy) is 1. The highest BCUT2D eigenvalue weighted by atomic mass is 127. The quantitative estimate of drug-likeness (QED) is 0.372. The molecule has 2 bridgehead atoms. The van der Waals surface area contributed by atoms with Gasteiger partial charge in [0.05, 0.1) is 6.42 Å². The third kappa shape index (κ3) is 0.993. The lowest BCUT2D eigenvalue weighted by molar-refractivity contribution is -0.185. The summed E-state index contributed by atoms with van der Waals surface area (Å²) < 4.78 is 4.09. The van der Waals surface area contributed by atoms with Crippen LogP contribution in [-0.4, -0.2) is 31.5 Å². The molecule has 0 aromatic rings. The normalized spacial score (nSPS) is 52.2. The van der Waals surface area contributed by atoms with Crippen LogP contribution in [0.4, 0.5) is 0 Å². The number of alkyl halides is 1. The van der Waals surface area contributed by atoms with Crippen molar-refractivity contribution >= 4 is 28.6 Å². The Hall–Kier alpha value is 0.120. The fourth-order valence-corrected chi connectivity index (χ4v) is 2.92. The van der Waals surface area contributed by atoms with E-state index in [2.05, 4.69) is 0 Å². The molecule has 0 aromatic heterocycles. The maximum Gasteiger partial charge on any atom is 0.310 e. The molecule has 12 heavy (non-hydrogen) atoms. The summed E-state index contributed by atoms with van der Waals surface area (Å²) in [5.74, 6) is -0.422. The van der Waals surface area contributed by atoms with E-state index >= 15 is 0 Å². The van der Waals surface area contributed by atoms with Crippen molar-refractivity contribution in [3.8, 4) is 0 Å². The number of aliphatic hydroxyl groups is 2. The Labute approximate surface area is 83.0 Å². The number of halogens is 1. The van der Waals surface area contributed by atoms with Gasteiger partial charge in [-0.2, -0.15) is 0 Å². The molecule has 1 heterocycles. The van der Waals surface area contributed by atoms with Crippen LogP contribution in [0.2, 0.25) is 0 Å². The first-order valence-corrected chi connectivity index (χ1v) is 4.85. The van der Waals surface area contributed by atoms with Crippen molar-refractivity contribution in [2.45, 2.75) is 34.6 Å². The number of carbonyl (C=O) groups is 1. The van der Waals surface area contributed by atoms with Crippen molar-refractivity contribution in [1.82, 2.24) is 0 Å². The van der Waals surface area contributed by atoms with Gasteiger partial charge in [-0.25, -0.2) is 0 Å². The zero-order valence-electron chi connectivity index (χ0n) is 6.29. The van der Waals surface area contributed by atoms with Crippen LogP contribution in [0, 0.1) is 0 Å². The number of aliphatic hydroxyl groups excluding tert-OH is 1. The topological polar surface area (TPSA) is 66.8 Å². The van der Waals surface area contributed by atoms with E-state index in [-0.39, 0.29) is 6.42 Å². The first kappa shape index (κ1) is 8.71. The molecule has 3 atom stereocenters. The highest BCUT2D eigenvalue weighted by Gasteiger charge is 2.61. The number of hydrogen-bond acceptors (Lipinski definition) is 4. The van der Waals surface area contributed by atoms with E-state index in [0.29, 0.717) is 12.8 Å². The van der Waals surface area contributed by atoms with Gasteiger partial charge in [-0.3, -0.25) is 4.79 Å². The summed E-state index contributed by atoms with van der Waals surface area (Å²) in [5.41, 5.74) is -1.24. The molecule has 4 nitrogen and oxygen atoms in total. The minimum Gasteiger partial charge on any atom is -0.445 e. The molecule has 1 aliphatic carbocycles. The first-order chi connectivity index (χ1) is 5.46. The second kappa shape index (κ2) is 2.33. The molecule has 0 aromatic carbocycles. The minimum atomic E-state index is -1.24. The Balaban J connectivity index is 2.36. The van der Waals surface area contributed by atoms with Gasteiger partial charge in [-0.15, -0.1) is 0 Å². The molecule has 2 fully saturated rings. The molecule has 1 unspecified atom stereocenters. The summed E-state index contributed by atoms with van der Waals surface area (Å²) in [7, 11) is 0. The Bertz CT molecular complexity index is 222. The number of fused-ring (bicyclic) bond motifs is 2. The van der Waals surface area contributed by atoms with Crippen LogP contribution in [-0.2, 0) is 9.53 Å². The van der Waals surface area contributed by atoms with Gasteiger partial charge < -0.3 is 14.9 Å². The lowest BCUT2D eigenvalue weighted by Gasteiger charge is -2.37. The van der Waals surface area contributed by atoms with Crippen molar-refractivity contribution in [3.63, 3.8) is 0 Å². The number of hydrogen-bond donors (Lipinski definition) is 2. The minimum absolute atomic E-state index is 0.0844. The lowest BCUT2D eigenvalue weighted by Crippen LogP contribution is -2.53. The predicted molar refractivity (Wildman–Crippen MR) is 47.7 cm³/mol. The number of esters is 1. The molecule has 1 saturated carbocycles. The third-order valence-corrected chi connectivity index (χ3v) is 3.90. The van der Waals surface area contributed by atoms with Crippen LogP contribution in [0.3, 0.4) is 0 Å². The second-order valence-electron chi connectivity index (χ2n) is 3.44. The average molecular weight is 284 g/mol. The van der Waals surface area contributed by atoms with E-state index in [1.807, 2.05) is 22.6 Å². The largest absolute Gasteiger partial charge is 0.445 e. The summed E-state index contributed by atoms with van der Waals surface area (Å²) in [6, 6.07) is 0. The number of rotatable bonds is 0. The maximum atomic E-state index is 11.0. The van der Waals surface area contributed by atoms with Crippen LogP contribution in [0.25, 0.3) is 0 Å². The molecule has 1 aliphatic heterocycles. The van der Waals surface area contributed by atoms with Gasteiger partial charge in [0.1, 0.15) is 11.7 Å². The van der Waals surface area contributed by atoms with Gasteiger partial charge in [0.2, 0.25) is 0 Å². The molecule has 2 rings (SSSR count). The molecular weight excluding hydrogens is 275 g/mol. The highest BCUT2D eigenvalue weighted by molar-refractivity contribution is 14.1. The zero-order valence-corrected chi connectivity index (χ0v) is 8.45. The van der Waals surface area contributed by atoms with Crippen molar-refractivity contribution in [2.24, 2.45) is 0 Å². The van der Waals surface area contributed by atoms with Crippen LogP contribution in [0.1, 0.15) is 19.3 Å². The Kier molecular flexibility index (Phi) is 1.69. The SMILES string of the molecule is O=C1C[C@@]2(O)CC[C@](I)(O1)C2O. The van der Waals surface area contributed by atoms with Gasteiger partial charge in [-0.05, 0) is 29.0 Å². The van der Waals surface area contributed by atoms with Crippen molar-refractivity contribution in [3.05, 3.63) is 0 Å². The van der Waals surface area contributed by atoms with Crippen LogP contribution < -0.4 is 0 Å². The van der Waals surface area contributed by atoms with Crippen LogP contribution in [0.15, 0.2) is 0 Å². The predicted octanol–water partition coefficient (Wildman–Crippen LogP) is -0.0496. The first-order valence-electron chi connectivity index (χ1n) is 3.77. The van der Waals surface area contributed by atoms with E-state index in [0.717, 1.165) is 0 Å². The maximum absolute atomic E-state index is 11.0. The average Bonchev–Trinajstić information content (AvgIpc) is 2.16. The number of carbonyl (C=O) groups excluding carboxylic acids is 1. The van der Waals surface area contributed by atoms with Crippen molar-refractivity contribution in [2.75, 3.05) is 0 Å². The third-order valence-electron chi connectivity index (χ3n) is 2.55. The standard InChI is InChI=1S/C7H9IO4/c8-7-2-1-6(11,5(7)10)3-4(9)12-7/h5,10-11H,1-3H2/t5?,6-,7-/m0/s1. The van der Waals surface area contributed by atoms with Crippen molar-refractivity contribution < 1.29 is 19.7 Å². The Morgan fingerprint density at radius 2 is 2.25 bits per heavy atom. The van der Waals surface area contributed by atoms with E-state index in [1.54, 1.807) is 0 Å². The van der Waals surface area contributed by atoms with Gasteiger partial charge in [0, 0.05) is 6.42 Å². The van der Waals surface area contributed by atoms with Crippen LogP contribution >= 0.6 is 22.6 Å². The smallest absolute Gasteiger partial charge is 0.310 e. The summed E-state index contributed by atoms with van der Waals surface area (Å²) in [4.78, 5) is 11.0. The molecule has 68 valence electrons. The van der Waals surface area contributed by atoms with E-state index in [9.17, 15) is 15.0 Å². The van der Waals surface area contributed by atoms with Gasteiger partial charge >= 0.3 is 5.97 Å². The van der Waals surface area contributed by atoms with Gasteiger partial charge in [0.25, 0.3) is 0 Å². The van der Waals surface area contributed by atoms with E-state index < -0.39 is 21.3 Å². The van der Waals surface area contributed by atoms with Crippen molar-refractivity contribution in [1.29, 1.82) is 0 Å². The fourth-order valence-electron chi connectivity index (χ4n) is 1.83. The molecule has 0 amide bonds. The van der Waals surface area contributed by atoms with Crippen LogP contribution in [0.5, 0.6) is 0 Å². The summed E-state index contributed by atoms with van der Waals surface area (Å²) in [5, 5.41) is 19.4. The molecule has 2 aliphatic rings.